The maximum absolute atomic E-state index is 12.1. The minimum absolute atomic E-state index is 0.0183. The normalized spacial score (nSPS) is 13.8. The number of hydrogen-bond acceptors (Lipinski definition) is 6. The van der Waals surface area contributed by atoms with E-state index >= 15 is 0 Å². The lowest BCUT2D eigenvalue weighted by atomic mass is 9.90. The van der Waals surface area contributed by atoms with Gasteiger partial charge >= 0.3 is 0 Å². The van der Waals surface area contributed by atoms with E-state index in [9.17, 15) is 10.1 Å². The lowest BCUT2D eigenvalue weighted by Gasteiger charge is -2.27. The summed E-state index contributed by atoms with van der Waals surface area (Å²) < 4.78 is 1.82. The number of nitrogens with one attached hydrogen (secondary N) is 1. The second-order valence-electron chi connectivity index (χ2n) is 5.93. The largest absolute Gasteiger partial charge is 0.337 e. The Labute approximate surface area is 139 Å². The molecule has 2 heterocycles. The molecule has 0 fully saturated rings. The molecule has 8 heteroatoms. The van der Waals surface area contributed by atoms with Gasteiger partial charge in [-0.2, -0.15) is 5.26 Å². The Bertz CT molecular complexity index is 778. The average Bonchev–Trinajstić information content (AvgIpc) is 2.87. The van der Waals surface area contributed by atoms with Crippen LogP contribution in [0.2, 0.25) is 0 Å². The Balaban J connectivity index is 2.10. The van der Waals surface area contributed by atoms with Crippen LogP contribution in [0.1, 0.15) is 32.3 Å². The molecule has 0 aliphatic carbocycles. The zero-order valence-corrected chi connectivity index (χ0v) is 14.7. The number of amides is 1. The number of hydrogen-bond donors (Lipinski definition) is 1. The van der Waals surface area contributed by atoms with Crippen LogP contribution < -0.4 is 5.32 Å². The first-order valence-electron chi connectivity index (χ1n) is 7.31. The van der Waals surface area contributed by atoms with Crippen molar-refractivity contribution in [3.63, 3.8) is 0 Å². The first-order chi connectivity index (χ1) is 10.8. The van der Waals surface area contributed by atoms with Gasteiger partial charge in [-0.05, 0) is 26.7 Å². The minimum atomic E-state index is -0.876. The molecule has 7 nitrogen and oxygen atoms in total. The summed E-state index contributed by atoms with van der Waals surface area (Å²) in [4.78, 5) is 16.5. The van der Waals surface area contributed by atoms with Crippen LogP contribution in [0.3, 0.4) is 0 Å². The van der Waals surface area contributed by atoms with Crippen LogP contribution in [0.25, 0.3) is 5.65 Å². The van der Waals surface area contributed by atoms with Crippen LogP contribution in [0.4, 0.5) is 0 Å². The Kier molecular flexibility index (Phi) is 4.90. The summed E-state index contributed by atoms with van der Waals surface area (Å²) in [6.07, 6.45) is 0. The molecule has 23 heavy (non-hydrogen) atoms. The zero-order chi connectivity index (χ0) is 17.2. The molecule has 0 bridgehead atoms. The number of carbonyl (C=O) groups excluding carboxylic acids is 1. The SMILES string of the molecule is Cc1cc2nnc(SCC(=O)N[C@@](C)(C#N)C(C)C)n2c(C)n1. The van der Waals surface area contributed by atoms with Crippen LogP contribution in [0, 0.1) is 31.1 Å². The van der Waals surface area contributed by atoms with Crippen LogP contribution in [-0.4, -0.2) is 36.8 Å². The fourth-order valence-electron chi connectivity index (χ4n) is 2.05. The van der Waals surface area contributed by atoms with Crippen LogP contribution in [-0.2, 0) is 4.79 Å². The summed E-state index contributed by atoms with van der Waals surface area (Å²) >= 11 is 1.28. The Morgan fingerprint density at radius 3 is 2.78 bits per heavy atom. The Morgan fingerprint density at radius 2 is 2.17 bits per heavy atom. The van der Waals surface area contributed by atoms with Gasteiger partial charge in [0.05, 0.1) is 11.8 Å². The van der Waals surface area contributed by atoms with E-state index in [1.165, 1.54) is 11.8 Å². The highest BCUT2D eigenvalue weighted by molar-refractivity contribution is 7.99. The molecule has 2 rings (SSSR count). The van der Waals surface area contributed by atoms with Gasteiger partial charge in [-0.1, -0.05) is 25.6 Å². The van der Waals surface area contributed by atoms with Crippen molar-refractivity contribution in [2.75, 3.05) is 5.75 Å². The number of aryl methyl sites for hydroxylation is 2. The number of nitriles is 1. The van der Waals surface area contributed by atoms with E-state index in [1.807, 2.05) is 38.2 Å². The van der Waals surface area contributed by atoms with Crippen LogP contribution in [0.15, 0.2) is 11.2 Å². The summed E-state index contributed by atoms with van der Waals surface area (Å²) in [6, 6.07) is 4.01. The van der Waals surface area contributed by atoms with Crippen molar-refractivity contribution < 1.29 is 4.79 Å². The van der Waals surface area contributed by atoms with E-state index in [-0.39, 0.29) is 17.6 Å². The smallest absolute Gasteiger partial charge is 0.231 e. The summed E-state index contributed by atoms with van der Waals surface area (Å²) in [7, 11) is 0. The lowest BCUT2D eigenvalue weighted by Crippen LogP contribution is -2.49. The third-order valence-electron chi connectivity index (χ3n) is 3.78. The molecule has 0 saturated carbocycles. The number of aromatic nitrogens is 4. The van der Waals surface area contributed by atoms with Gasteiger partial charge in [0.1, 0.15) is 11.4 Å². The molecular weight excluding hydrogens is 312 g/mol. The van der Waals surface area contributed by atoms with Crippen molar-refractivity contribution in [3.8, 4) is 6.07 Å². The van der Waals surface area contributed by atoms with Crippen molar-refractivity contribution in [2.24, 2.45) is 5.92 Å². The third kappa shape index (κ3) is 3.62. The number of carbonyl (C=O) groups is 1. The van der Waals surface area contributed by atoms with Gasteiger partial charge in [0.2, 0.25) is 5.91 Å². The molecule has 122 valence electrons. The maximum atomic E-state index is 12.1. The molecule has 1 atom stereocenters. The monoisotopic (exact) mass is 332 g/mol. The van der Waals surface area contributed by atoms with E-state index in [1.54, 1.807) is 6.92 Å². The Morgan fingerprint density at radius 1 is 1.48 bits per heavy atom. The highest BCUT2D eigenvalue weighted by Gasteiger charge is 2.30. The van der Waals surface area contributed by atoms with E-state index in [0.717, 1.165) is 11.5 Å². The summed E-state index contributed by atoms with van der Waals surface area (Å²) in [6.45, 7) is 9.30. The quantitative estimate of drug-likeness (QED) is 0.840. The number of nitrogens with zero attached hydrogens (tertiary/aromatic N) is 5. The molecule has 0 saturated heterocycles. The first-order valence-corrected chi connectivity index (χ1v) is 8.30. The lowest BCUT2D eigenvalue weighted by molar-refractivity contribution is -0.120. The molecule has 2 aromatic rings. The minimum Gasteiger partial charge on any atom is -0.337 e. The predicted molar refractivity (Wildman–Crippen MR) is 88.0 cm³/mol. The van der Waals surface area contributed by atoms with Crippen molar-refractivity contribution in [3.05, 3.63) is 17.6 Å². The molecule has 1 amide bonds. The van der Waals surface area contributed by atoms with Crippen molar-refractivity contribution in [1.82, 2.24) is 24.9 Å². The van der Waals surface area contributed by atoms with Gasteiger partial charge in [0.15, 0.2) is 10.8 Å². The standard InChI is InChI=1S/C15H20N6OS/c1-9(2)15(5,8-16)18-13(22)7-23-14-20-19-12-6-10(3)17-11(4)21(12)14/h6,9H,7H2,1-5H3,(H,18,22)/t15-/m0/s1. The van der Waals surface area contributed by atoms with Gasteiger partial charge < -0.3 is 5.32 Å². The van der Waals surface area contributed by atoms with Crippen LogP contribution >= 0.6 is 11.8 Å². The number of rotatable bonds is 5. The van der Waals surface area contributed by atoms with Crippen molar-refractivity contribution >= 4 is 23.3 Å². The van der Waals surface area contributed by atoms with Crippen LogP contribution in [0.5, 0.6) is 0 Å². The summed E-state index contributed by atoms with van der Waals surface area (Å²) in [5.41, 5.74) is 0.708. The second kappa shape index (κ2) is 6.54. The summed E-state index contributed by atoms with van der Waals surface area (Å²) in [5.74, 6) is 0.752. The van der Waals surface area contributed by atoms with Gasteiger partial charge in [0, 0.05) is 11.8 Å². The second-order valence-corrected chi connectivity index (χ2v) is 6.87. The van der Waals surface area contributed by atoms with E-state index < -0.39 is 5.54 Å². The van der Waals surface area contributed by atoms with Gasteiger partial charge in [0.25, 0.3) is 0 Å². The van der Waals surface area contributed by atoms with E-state index in [2.05, 4.69) is 26.6 Å². The van der Waals surface area contributed by atoms with Crippen molar-refractivity contribution in [1.29, 1.82) is 5.26 Å². The van der Waals surface area contributed by atoms with Crippen molar-refractivity contribution in [2.45, 2.75) is 45.3 Å². The molecule has 2 aromatic heterocycles. The fraction of sp³-hybridized carbons (Fsp3) is 0.533. The van der Waals surface area contributed by atoms with E-state index in [4.69, 9.17) is 0 Å². The maximum Gasteiger partial charge on any atom is 0.231 e. The topological polar surface area (TPSA) is 96.0 Å². The molecular formula is C15H20N6OS. The van der Waals surface area contributed by atoms with E-state index in [0.29, 0.717) is 10.8 Å². The molecule has 0 aromatic carbocycles. The zero-order valence-electron chi connectivity index (χ0n) is 13.9. The fourth-order valence-corrected chi connectivity index (χ4v) is 2.84. The summed E-state index contributed by atoms with van der Waals surface area (Å²) in [5, 5.41) is 20.9. The highest BCUT2D eigenvalue weighted by Crippen LogP contribution is 2.20. The molecule has 0 spiro atoms. The van der Waals surface area contributed by atoms with Gasteiger partial charge in [-0.3, -0.25) is 9.20 Å². The molecule has 0 radical (unpaired) electrons. The molecule has 0 unspecified atom stereocenters. The highest BCUT2D eigenvalue weighted by atomic mass is 32.2. The number of thioether (sulfide) groups is 1. The van der Waals surface area contributed by atoms with Gasteiger partial charge in [-0.25, -0.2) is 4.98 Å². The average molecular weight is 332 g/mol. The predicted octanol–water partition coefficient (Wildman–Crippen LogP) is 1.89. The molecule has 0 aliphatic rings. The Hall–Kier alpha value is -2.14. The van der Waals surface area contributed by atoms with Gasteiger partial charge in [-0.15, -0.1) is 10.2 Å². The first kappa shape index (κ1) is 17.2. The third-order valence-corrected chi connectivity index (χ3v) is 4.71. The molecule has 1 N–H and O–H groups in total. The number of fused-ring (bicyclic) bond motifs is 1. The molecule has 0 aliphatic heterocycles.